The molecule has 0 aromatic carbocycles. The lowest BCUT2D eigenvalue weighted by molar-refractivity contribution is -0.148. The summed E-state index contributed by atoms with van der Waals surface area (Å²) in [4.78, 5) is 25.3. The second-order valence-electron chi connectivity index (χ2n) is 4.83. The maximum absolute atomic E-state index is 12.3. The van der Waals surface area contributed by atoms with Crippen LogP contribution in [0.25, 0.3) is 0 Å². The van der Waals surface area contributed by atoms with Gasteiger partial charge in [-0.25, -0.2) is 0 Å². The molecule has 6 heteroatoms. The van der Waals surface area contributed by atoms with E-state index in [0.29, 0.717) is 12.5 Å². The molecular weight excluding hydrogens is 260 g/mol. The minimum absolute atomic E-state index is 0.0210. The Morgan fingerprint density at radius 1 is 1.20 bits per heavy atom. The lowest BCUT2D eigenvalue weighted by atomic mass is 10.0. The summed E-state index contributed by atoms with van der Waals surface area (Å²) in [5.41, 5.74) is 5.53. The van der Waals surface area contributed by atoms with Crippen molar-refractivity contribution in [3.63, 3.8) is 0 Å². The number of esters is 1. The van der Waals surface area contributed by atoms with Crippen molar-refractivity contribution in [1.29, 1.82) is 0 Å². The third-order valence-electron chi connectivity index (χ3n) is 3.53. The highest BCUT2D eigenvalue weighted by atomic mass is 16.5. The topological polar surface area (TPSA) is 81.9 Å². The Hall–Kier alpha value is -1.14. The molecule has 0 aromatic heterocycles. The van der Waals surface area contributed by atoms with Crippen molar-refractivity contribution in [2.75, 3.05) is 33.9 Å². The molecule has 20 heavy (non-hydrogen) atoms. The molecule has 6 nitrogen and oxygen atoms in total. The highest BCUT2D eigenvalue weighted by Crippen LogP contribution is 2.12. The number of amides is 1. The largest absolute Gasteiger partial charge is 0.468 e. The van der Waals surface area contributed by atoms with Crippen LogP contribution in [0.2, 0.25) is 0 Å². The molecule has 0 rings (SSSR count). The Bertz CT molecular complexity index is 289. The number of carbonyl (C=O) groups excluding carboxylic acids is 2. The molecule has 1 amide bonds. The molecule has 0 saturated carbocycles. The summed E-state index contributed by atoms with van der Waals surface area (Å²) in [6.07, 6.45) is 1.80. The molecule has 0 fully saturated rings. The number of ether oxygens (including phenoxy) is 2. The molecule has 0 saturated heterocycles. The molecule has 0 aliphatic carbocycles. The maximum Gasteiger partial charge on any atom is 0.325 e. The number of carbonyl (C=O) groups is 2. The van der Waals surface area contributed by atoms with Gasteiger partial charge in [0.2, 0.25) is 5.91 Å². The van der Waals surface area contributed by atoms with E-state index in [1.165, 1.54) is 14.2 Å². The molecule has 2 N–H and O–H groups in total. The first-order valence-corrected chi connectivity index (χ1v) is 7.09. The van der Waals surface area contributed by atoms with Crippen LogP contribution in [0.3, 0.4) is 0 Å². The van der Waals surface area contributed by atoms with Crippen LogP contribution in [0.15, 0.2) is 0 Å². The van der Waals surface area contributed by atoms with Crippen LogP contribution in [0, 0.1) is 5.92 Å². The number of nitrogens with two attached hydrogens (primary N) is 1. The Labute approximate surface area is 121 Å². The van der Waals surface area contributed by atoms with E-state index in [9.17, 15) is 9.59 Å². The summed E-state index contributed by atoms with van der Waals surface area (Å²) in [6, 6.07) is 0. The summed E-state index contributed by atoms with van der Waals surface area (Å²) < 4.78 is 9.77. The standard InChI is InChI=1S/C14H28N2O4/c1-5-11(6-2)9-16(10-14(18)20-4)13(17)7-12(8-15)19-3/h11-12H,5-10,15H2,1-4H3. The molecule has 1 atom stereocenters. The highest BCUT2D eigenvalue weighted by Gasteiger charge is 2.22. The number of rotatable bonds is 10. The molecule has 0 aliphatic rings. The lowest BCUT2D eigenvalue weighted by Crippen LogP contribution is -2.41. The monoisotopic (exact) mass is 288 g/mol. The highest BCUT2D eigenvalue weighted by molar-refractivity contribution is 5.82. The molecule has 0 spiro atoms. The van der Waals surface area contributed by atoms with Crippen molar-refractivity contribution in [3.8, 4) is 0 Å². The van der Waals surface area contributed by atoms with E-state index in [1.807, 2.05) is 0 Å². The van der Waals surface area contributed by atoms with Crippen molar-refractivity contribution < 1.29 is 19.1 Å². The van der Waals surface area contributed by atoms with Gasteiger partial charge in [0, 0.05) is 20.2 Å². The Balaban J connectivity index is 4.72. The van der Waals surface area contributed by atoms with Crippen LogP contribution in [0.5, 0.6) is 0 Å². The van der Waals surface area contributed by atoms with Crippen molar-refractivity contribution in [1.82, 2.24) is 4.90 Å². The minimum Gasteiger partial charge on any atom is -0.468 e. The Kier molecular flexibility index (Phi) is 10.0. The molecule has 0 radical (unpaired) electrons. The average molecular weight is 288 g/mol. The fourth-order valence-corrected chi connectivity index (χ4v) is 1.92. The normalized spacial score (nSPS) is 12.3. The predicted octanol–water partition coefficient (Wildman–Crippen LogP) is 0.788. The van der Waals surface area contributed by atoms with Crippen LogP contribution >= 0.6 is 0 Å². The molecular formula is C14H28N2O4. The zero-order chi connectivity index (χ0) is 15.5. The zero-order valence-corrected chi connectivity index (χ0v) is 13.1. The van der Waals surface area contributed by atoms with E-state index < -0.39 is 5.97 Å². The van der Waals surface area contributed by atoms with Gasteiger partial charge in [-0.15, -0.1) is 0 Å². The zero-order valence-electron chi connectivity index (χ0n) is 13.1. The van der Waals surface area contributed by atoms with E-state index in [4.69, 9.17) is 10.5 Å². The van der Waals surface area contributed by atoms with Crippen LogP contribution in [-0.4, -0.2) is 56.7 Å². The first kappa shape index (κ1) is 18.9. The fraction of sp³-hybridized carbons (Fsp3) is 0.857. The maximum atomic E-state index is 12.3. The van der Waals surface area contributed by atoms with Gasteiger partial charge in [-0.3, -0.25) is 9.59 Å². The van der Waals surface area contributed by atoms with Crippen LogP contribution < -0.4 is 5.73 Å². The SMILES string of the molecule is CCC(CC)CN(CC(=O)OC)C(=O)CC(CN)OC. The van der Waals surface area contributed by atoms with Gasteiger partial charge in [-0.2, -0.15) is 0 Å². The van der Waals surface area contributed by atoms with E-state index in [0.717, 1.165) is 12.8 Å². The molecule has 0 aromatic rings. The van der Waals surface area contributed by atoms with E-state index in [-0.39, 0.29) is 31.5 Å². The summed E-state index contributed by atoms with van der Waals surface area (Å²) in [7, 11) is 2.84. The molecule has 118 valence electrons. The molecule has 0 aliphatic heterocycles. The van der Waals surface area contributed by atoms with E-state index in [2.05, 4.69) is 18.6 Å². The van der Waals surface area contributed by atoms with Gasteiger partial charge in [0.05, 0.1) is 19.6 Å². The van der Waals surface area contributed by atoms with Gasteiger partial charge < -0.3 is 20.1 Å². The second-order valence-corrected chi connectivity index (χ2v) is 4.83. The van der Waals surface area contributed by atoms with Crippen molar-refractivity contribution in [3.05, 3.63) is 0 Å². The van der Waals surface area contributed by atoms with Crippen molar-refractivity contribution in [2.45, 2.75) is 39.2 Å². The minimum atomic E-state index is -0.411. The first-order valence-electron chi connectivity index (χ1n) is 7.09. The van der Waals surface area contributed by atoms with Crippen LogP contribution in [0.4, 0.5) is 0 Å². The predicted molar refractivity (Wildman–Crippen MR) is 77.1 cm³/mol. The van der Waals surface area contributed by atoms with Gasteiger partial charge in [0.15, 0.2) is 0 Å². The number of hydrogen-bond acceptors (Lipinski definition) is 5. The second kappa shape index (κ2) is 10.6. The van der Waals surface area contributed by atoms with Gasteiger partial charge in [0.1, 0.15) is 6.54 Å². The first-order chi connectivity index (χ1) is 9.51. The number of nitrogens with zero attached hydrogens (tertiary/aromatic N) is 1. The van der Waals surface area contributed by atoms with Gasteiger partial charge in [-0.1, -0.05) is 26.7 Å². The van der Waals surface area contributed by atoms with Crippen molar-refractivity contribution >= 4 is 11.9 Å². The number of hydrogen-bond donors (Lipinski definition) is 1. The molecule has 0 heterocycles. The van der Waals surface area contributed by atoms with E-state index in [1.54, 1.807) is 4.90 Å². The third kappa shape index (κ3) is 6.86. The van der Waals surface area contributed by atoms with Crippen LogP contribution in [-0.2, 0) is 19.1 Å². The summed E-state index contributed by atoms with van der Waals surface area (Å²) in [5.74, 6) is -0.159. The smallest absolute Gasteiger partial charge is 0.325 e. The van der Waals surface area contributed by atoms with Crippen molar-refractivity contribution in [2.24, 2.45) is 11.7 Å². The Morgan fingerprint density at radius 2 is 1.80 bits per heavy atom. The van der Waals surface area contributed by atoms with E-state index >= 15 is 0 Å². The summed E-state index contributed by atoms with van der Waals surface area (Å²) in [5, 5.41) is 0. The van der Waals surface area contributed by atoms with Gasteiger partial charge in [0.25, 0.3) is 0 Å². The number of methoxy groups -OCH3 is 2. The fourth-order valence-electron chi connectivity index (χ4n) is 1.92. The molecule has 1 unspecified atom stereocenters. The summed E-state index contributed by atoms with van der Waals surface area (Å²) >= 11 is 0. The average Bonchev–Trinajstić information content (AvgIpc) is 2.48. The Morgan fingerprint density at radius 3 is 2.20 bits per heavy atom. The quantitative estimate of drug-likeness (QED) is 0.601. The van der Waals surface area contributed by atoms with Gasteiger partial charge in [-0.05, 0) is 5.92 Å². The van der Waals surface area contributed by atoms with Crippen LogP contribution in [0.1, 0.15) is 33.1 Å². The third-order valence-corrected chi connectivity index (χ3v) is 3.53. The summed E-state index contributed by atoms with van der Waals surface area (Å²) in [6.45, 7) is 4.97. The molecule has 0 bridgehead atoms. The lowest BCUT2D eigenvalue weighted by Gasteiger charge is -2.27. The van der Waals surface area contributed by atoms with Gasteiger partial charge >= 0.3 is 5.97 Å².